The van der Waals surface area contributed by atoms with Crippen LogP contribution in [0.25, 0.3) is 0 Å². The summed E-state index contributed by atoms with van der Waals surface area (Å²) in [6, 6.07) is 0.384. The molecule has 0 aliphatic carbocycles. The van der Waals surface area contributed by atoms with Gasteiger partial charge in [-0.1, -0.05) is 0 Å². The van der Waals surface area contributed by atoms with Crippen molar-refractivity contribution in [3.05, 3.63) is 23.5 Å². The number of nitrogens with one attached hydrogen (secondary N) is 1. The molecule has 0 amide bonds. The van der Waals surface area contributed by atoms with Gasteiger partial charge < -0.3 is 11.1 Å². The summed E-state index contributed by atoms with van der Waals surface area (Å²) in [6.45, 7) is 4.08. The molecule has 1 heterocycles. The smallest absolute Gasteiger partial charge is 0.0435 e. The molecule has 0 saturated heterocycles. The van der Waals surface area contributed by atoms with E-state index in [0.717, 1.165) is 11.4 Å². The van der Waals surface area contributed by atoms with Gasteiger partial charge in [0.05, 0.1) is 0 Å². The van der Waals surface area contributed by atoms with Crippen LogP contribution >= 0.6 is 0 Å². The van der Waals surface area contributed by atoms with E-state index in [1.165, 1.54) is 0 Å². The standard InChI is InChI=1S/C7H12N2/c1-5-3-7(8)4-6(2)9-5/h3-5,9H,8H2,1-2H3. The van der Waals surface area contributed by atoms with E-state index < -0.39 is 0 Å². The minimum Gasteiger partial charge on any atom is -0.399 e. The fourth-order valence-corrected chi connectivity index (χ4v) is 1.03. The fourth-order valence-electron chi connectivity index (χ4n) is 1.03. The Balaban J connectivity index is 2.74. The van der Waals surface area contributed by atoms with Gasteiger partial charge in [0, 0.05) is 17.4 Å². The molecule has 0 aromatic rings. The molecule has 1 unspecified atom stereocenters. The van der Waals surface area contributed by atoms with Crippen LogP contribution in [0.2, 0.25) is 0 Å². The second-order valence-electron chi connectivity index (χ2n) is 2.43. The highest BCUT2D eigenvalue weighted by molar-refractivity contribution is 5.25. The lowest BCUT2D eigenvalue weighted by atomic mass is 10.2. The van der Waals surface area contributed by atoms with Crippen LogP contribution in [0.5, 0.6) is 0 Å². The van der Waals surface area contributed by atoms with Crippen molar-refractivity contribution in [2.45, 2.75) is 19.9 Å². The molecule has 2 heteroatoms. The monoisotopic (exact) mass is 124 g/mol. The van der Waals surface area contributed by atoms with E-state index in [0.29, 0.717) is 6.04 Å². The SMILES string of the molecule is CC1=CC(N)=CC(C)N1. The van der Waals surface area contributed by atoms with Crippen molar-refractivity contribution in [1.82, 2.24) is 5.32 Å². The zero-order valence-electron chi connectivity index (χ0n) is 5.81. The summed E-state index contributed by atoms with van der Waals surface area (Å²) < 4.78 is 0. The molecule has 2 nitrogen and oxygen atoms in total. The molecule has 0 aromatic carbocycles. The number of dihydropyridines is 1. The molecule has 1 rings (SSSR count). The summed E-state index contributed by atoms with van der Waals surface area (Å²) in [4.78, 5) is 0. The van der Waals surface area contributed by atoms with E-state index in [9.17, 15) is 0 Å². The van der Waals surface area contributed by atoms with E-state index in [2.05, 4.69) is 12.2 Å². The van der Waals surface area contributed by atoms with Gasteiger partial charge in [0.2, 0.25) is 0 Å². The van der Waals surface area contributed by atoms with Crippen LogP contribution < -0.4 is 11.1 Å². The Hall–Kier alpha value is -0.920. The van der Waals surface area contributed by atoms with Crippen molar-refractivity contribution >= 4 is 0 Å². The van der Waals surface area contributed by atoms with E-state index in [1.807, 2.05) is 19.1 Å². The van der Waals surface area contributed by atoms with Crippen LogP contribution in [-0.2, 0) is 0 Å². The topological polar surface area (TPSA) is 38.0 Å². The first kappa shape index (κ1) is 6.20. The number of hydrogen-bond acceptors (Lipinski definition) is 2. The highest BCUT2D eigenvalue weighted by atomic mass is 14.9. The summed E-state index contributed by atoms with van der Waals surface area (Å²) in [7, 11) is 0. The van der Waals surface area contributed by atoms with E-state index >= 15 is 0 Å². The molecule has 0 bridgehead atoms. The molecule has 0 aromatic heterocycles. The third-order valence-electron chi connectivity index (χ3n) is 1.28. The average molecular weight is 124 g/mol. The van der Waals surface area contributed by atoms with Gasteiger partial charge in [0.25, 0.3) is 0 Å². The van der Waals surface area contributed by atoms with Gasteiger partial charge in [0.1, 0.15) is 0 Å². The zero-order chi connectivity index (χ0) is 6.85. The maximum absolute atomic E-state index is 5.56. The molecule has 1 atom stereocenters. The molecule has 50 valence electrons. The van der Waals surface area contributed by atoms with Crippen molar-refractivity contribution in [2.75, 3.05) is 0 Å². The molecule has 0 saturated carbocycles. The predicted molar refractivity (Wildman–Crippen MR) is 38.6 cm³/mol. The zero-order valence-corrected chi connectivity index (χ0v) is 5.81. The average Bonchev–Trinajstić information content (AvgIpc) is 1.59. The van der Waals surface area contributed by atoms with Gasteiger partial charge in [-0.3, -0.25) is 0 Å². The van der Waals surface area contributed by atoms with Gasteiger partial charge in [0.15, 0.2) is 0 Å². The van der Waals surface area contributed by atoms with Gasteiger partial charge >= 0.3 is 0 Å². The molecule has 1 aliphatic heterocycles. The van der Waals surface area contributed by atoms with Crippen LogP contribution in [0.3, 0.4) is 0 Å². The normalized spacial score (nSPS) is 26.2. The highest BCUT2D eigenvalue weighted by Crippen LogP contribution is 2.03. The lowest BCUT2D eigenvalue weighted by molar-refractivity contribution is 0.710. The Labute approximate surface area is 55.4 Å². The molecule has 1 aliphatic rings. The Bertz CT molecular complexity index is 168. The first-order valence-electron chi connectivity index (χ1n) is 3.10. The molecular formula is C7H12N2. The molecule has 0 fully saturated rings. The van der Waals surface area contributed by atoms with Gasteiger partial charge in [-0.05, 0) is 26.0 Å². The molecule has 3 N–H and O–H groups in total. The number of nitrogens with two attached hydrogens (primary N) is 1. The van der Waals surface area contributed by atoms with Gasteiger partial charge in [-0.25, -0.2) is 0 Å². The Morgan fingerprint density at radius 1 is 1.67 bits per heavy atom. The lowest BCUT2D eigenvalue weighted by Gasteiger charge is -2.16. The van der Waals surface area contributed by atoms with E-state index in [4.69, 9.17) is 5.73 Å². The second-order valence-corrected chi connectivity index (χ2v) is 2.43. The summed E-state index contributed by atoms with van der Waals surface area (Å²) in [5, 5.41) is 3.21. The third-order valence-corrected chi connectivity index (χ3v) is 1.28. The quantitative estimate of drug-likeness (QED) is 0.499. The molecule has 9 heavy (non-hydrogen) atoms. The van der Waals surface area contributed by atoms with Crippen molar-refractivity contribution < 1.29 is 0 Å². The van der Waals surface area contributed by atoms with E-state index in [1.54, 1.807) is 0 Å². The summed E-state index contributed by atoms with van der Waals surface area (Å²) in [6.07, 6.45) is 3.92. The van der Waals surface area contributed by atoms with Crippen molar-refractivity contribution in [3.8, 4) is 0 Å². The van der Waals surface area contributed by atoms with Crippen LogP contribution in [-0.4, -0.2) is 6.04 Å². The van der Waals surface area contributed by atoms with Crippen LogP contribution in [0.1, 0.15) is 13.8 Å². The first-order chi connectivity index (χ1) is 4.18. The van der Waals surface area contributed by atoms with E-state index in [-0.39, 0.29) is 0 Å². The van der Waals surface area contributed by atoms with Crippen molar-refractivity contribution in [1.29, 1.82) is 0 Å². The minimum atomic E-state index is 0.384. The molecular weight excluding hydrogens is 112 g/mol. The Morgan fingerprint density at radius 2 is 2.33 bits per heavy atom. The predicted octanol–water partition coefficient (Wildman–Crippen LogP) is 0.725. The highest BCUT2D eigenvalue weighted by Gasteiger charge is 2.02. The Morgan fingerprint density at radius 3 is 2.78 bits per heavy atom. The summed E-state index contributed by atoms with van der Waals surface area (Å²) >= 11 is 0. The van der Waals surface area contributed by atoms with Crippen LogP contribution in [0.4, 0.5) is 0 Å². The van der Waals surface area contributed by atoms with Crippen LogP contribution in [0.15, 0.2) is 23.5 Å². The summed E-state index contributed by atoms with van der Waals surface area (Å²) in [5.41, 5.74) is 7.56. The fraction of sp³-hybridized carbons (Fsp3) is 0.429. The summed E-state index contributed by atoms with van der Waals surface area (Å²) in [5.74, 6) is 0. The van der Waals surface area contributed by atoms with Crippen molar-refractivity contribution in [2.24, 2.45) is 5.73 Å². The maximum atomic E-state index is 5.56. The van der Waals surface area contributed by atoms with Crippen LogP contribution in [0, 0.1) is 0 Å². The Kier molecular flexibility index (Phi) is 1.47. The van der Waals surface area contributed by atoms with Gasteiger partial charge in [-0.2, -0.15) is 0 Å². The second kappa shape index (κ2) is 2.13. The first-order valence-corrected chi connectivity index (χ1v) is 3.10. The van der Waals surface area contributed by atoms with Gasteiger partial charge in [-0.15, -0.1) is 0 Å². The largest absolute Gasteiger partial charge is 0.399 e. The number of hydrogen-bond donors (Lipinski definition) is 2. The third kappa shape index (κ3) is 1.49. The minimum absolute atomic E-state index is 0.384. The van der Waals surface area contributed by atoms with Crippen molar-refractivity contribution in [3.63, 3.8) is 0 Å². The maximum Gasteiger partial charge on any atom is 0.0435 e. The number of allylic oxidation sites excluding steroid dienone is 2. The molecule has 0 spiro atoms. The molecule has 0 radical (unpaired) electrons. The number of rotatable bonds is 0. The lowest BCUT2D eigenvalue weighted by Crippen LogP contribution is -2.26.